The lowest BCUT2D eigenvalue weighted by Gasteiger charge is -2.13. The summed E-state index contributed by atoms with van der Waals surface area (Å²) in [5.41, 5.74) is 0. The van der Waals surface area contributed by atoms with Gasteiger partial charge in [-0.05, 0) is 28.1 Å². The van der Waals surface area contributed by atoms with Crippen LogP contribution in [0.25, 0.3) is 0 Å². The minimum Gasteiger partial charge on any atom is -0.388 e. The molecule has 1 aromatic heterocycles. The molecule has 0 aromatic carbocycles. The van der Waals surface area contributed by atoms with Gasteiger partial charge in [0.15, 0.2) is 0 Å². The molecule has 1 amide bonds. The quantitative estimate of drug-likeness (QED) is 0.800. The molecule has 0 unspecified atom stereocenters. The molecule has 2 N–H and O–H groups in total. The van der Waals surface area contributed by atoms with E-state index in [2.05, 4.69) is 15.9 Å². The summed E-state index contributed by atoms with van der Waals surface area (Å²) in [6.45, 7) is 0.408. The largest absolute Gasteiger partial charge is 0.388 e. The van der Waals surface area contributed by atoms with Gasteiger partial charge in [-0.3, -0.25) is 4.79 Å². The van der Waals surface area contributed by atoms with Gasteiger partial charge in [-0.1, -0.05) is 0 Å². The molecular weight excluding hydrogens is 282 g/mol. The van der Waals surface area contributed by atoms with Crippen LogP contribution in [0, 0.1) is 0 Å². The van der Waals surface area contributed by atoms with Crippen molar-refractivity contribution in [3.63, 3.8) is 0 Å². The molecule has 82 valence electrons. The van der Waals surface area contributed by atoms with Gasteiger partial charge in [-0.15, -0.1) is 11.3 Å². The van der Waals surface area contributed by atoms with Gasteiger partial charge in [-0.2, -0.15) is 0 Å². The molecule has 0 bridgehead atoms. The molecule has 1 aliphatic heterocycles. The van der Waals surface area contributed by atoms with Crippen LogP contribution in [0.4, 0.5) is 0 Å². The number of hydrogen-bond donors (Lipinski definition) is 2. The van der Waals surface area contributed by atoms with Crippen LogP contribution in [0.2, 0.25) is 0 Å². The summed E-state index contributed by atoms with van der Waals surface area (Å²) in [5.74, 6) is -0.138. The number of likely N-dealkylation sites (tertiary alicyclic amines) is 1. The number of thiophene rings is 1. The van der Waals surface area contributed by atoms with E-state index in [1.54, 1.807) is 12.1 Å². The molecular formula is C9H10BrNO3S. The number of aliphatic hydroxyl groups is 2. The molecule has 2 rings (SSSR count). The zero-order valence-corrected chi connectivity index (χ0v) is 10.2. The van der Waals surface area contributed by atoms with E-state index in [0.717, 1.165) is 3.79 Å². The first-order valence-corrected chi connectivity index (χ1v) is 6.09. The highest BCUT2D eigenvalue weighted by Gasteiger charge is 2.33. The smallest absolute Gasteiger partial charge is 0.264 e. The second-order valence-corrected chi connectivity index (χ2v) is 5.91. The minimum atomic E-state index is -0.822. The van der Waals surface area contributed by atoms with Crippen molar-refractivity contribution in [2.24, 2.45) is 0 Å². The molecule has 1 fully saturated rings. The summed E-state index contributed by atoms with van der Waals surface area (Å²) >= 11 is 4.63. The highest BCUT2D eigenvalue weighted by Crippen LogP contribution is 2.24. The summed E-state index contributed by atoms with van der Waals surface area (Å²) in [6, 6.07) is 3.54. The van der Waals surface area contributed by atoms with E-state index in [-0.39, 0.29) is 19.0 Å². The fourth-order valence-corrected chi connectivity index (χ4v) is 2.87. The normalized spacial score (nSPS) is 25.9. The molecule has 1 saturated heterocycles. The van der Waals surface area contributed by atoms with Crippen molar-refractivity contribution < 1.29 is 15.0 Å². The molecule has 0 radical (unpaired) electrons. The fourth-order valence-electron chi connectivity index (χ4n) is 1.52. The standard InChI is InChI=1S/C9H10BrNO3S/c10-8-2-1-7(15-8)9(14)11-3-5(12)6(13)4-11/h1-2,5-6,12-13H,3-4H2/t5-,6+. The van der Waals surface area contributed by atoms with Crippen molar-refractivity contribution in [3.05, 3.63) is 20.8 Å². The van der Waals surface area contributed by atoms with E-state index in [4.69, 9.17) is 0 Å². The molecule has 0 saturated carbocycles. The summed E-state index contributed by atoms with van der Waals surface area (Å²) in [5, 5.41) is 18.6. The summed E-state index contributed by atoms with van der Waals surface area (Å²) in [6.07, 6.45) is -1.64. The fraction of sp³-hybridized carbons (Fsp3) is 0.444. The maximum absolute atomic E-state index is 11.8. The number of carbonyl (C=O) groups excluding carboxylic acids is 1. The van der Waals surface area contributed by atoms with Crippen LogP contribution in [0.15, 0.2) is 15.9 Å². The van der Waals surface area contributed by atoms with Gasteiger partial charge in [0.25, 0.3) is 5.91 Å². The summed E-state index contributed by atoms with van der Waals surface area (Å²) in [4.78, 5) is 13.9. The number of hydrogen-bond acceptors (Lipinski definition) is 4. The average Bonchev–Trinajstić information content (AvgIpc) is 2.74. The van der Waals surface area contributed by atoms with Crippen molar-refractivity contribution in [2.45, 2.75) is 12.2 Å². The first kappa shape index (κ1) is 11.1. The Morgan fingerprint density at radius 1 is 1.40 bits per heavy atom. The molecule has 0 spiro atoms. The van der Waals surface area contributed by atoms with E-state index >= 15 is 0 Å². The Kier molecular flexibility index (Phi) is 3.11. The Labute approximate surface area is 99.3 Å². The number of nitrogens with zero attached hydrogens (tertiary/aromatic N) is 1. The number of amides is 1. The third kappa shape index (κ3) is 2.23. The van der Waals surface area contributed by atoms with Crippen LogP contribution in [0.5, 0.6) is 0 Å². The monoisotopic (exact) mass is 291 g/mol. The van der Waals surface area contributed by atoms with Crippen molar-refractivity contribution in [1.82, 2.24) is 4.90 Å². The Hall–Kier alpha value is -0.430. The van der Waals surface area contributed by atoms with Gasteiger partial charge < -0.3 is 15.1 Å². The van der Waals surface area contributed by atoms with Crippen molar-refractivity contribution in [2.75, 3.05) is 13.1 Å². The van der Waals surface area contributed by atoms with Crippen LogP contribution in [-0.2, 0) is 0 Å². The van der Waals surface area contributed by atoms with E-state index in [1.807, 2.05) is 0 Å². The molecule has 15 heavy (non-hydrogen) atoms. The Morgan fingerprint density at radius 3 is 2.47 bits per heavy atom. The Balaban J connectivity index is 2.10. The number of β-amino-alcohol motifs (C(OH)–C–C–N with tert-alkyl or cyclic N) is 2. The topological polar surface area (TPSA) is 60.8 Å². The van der Waals surface area contributed by atoms with Crippen LogP contribution in [0.3, 0.4) is 0 Å². The van der Waals surface area contributed by atoms with Gasteiger partial charge in [0.05, 0.1) is 20.9 Å². The molecule has 2 atom stereocenters. The highest BCUT2D eigenvalue weighted by molar-refractivity contribution is 9.11. The molecule has 2 heterocycles. The maximum Gasteiger partial charge on any atom is 0.264 e. The van der Waals surface area contributed by atoms with Crippen LogP contribution in [0.1, 0.15) is 9.67 Å². The first-order valence-electron chi connectivity index (χ1n) is 4.48. The van der Waals surface area contributed by atoms with Gasteiger partial charge >= 0.3 is 0 Å². The van der Waals surface area contributed by atoms with Crippen molar-refractivity contribution in [1.29, 1.82) is 0 Å². The summed E-state index contributed by atoms with van der Waals surface area (Å²) < 4.78 is 0.895. The molecule has 1 aromatic rings. The lowest BCUT2D eigenvalue weighted by molar-refractivity contribution is 0.0572. The van der Waals surface area contributed by atoms with Crippen LogP contribution >= 0.6 is 27.3 Å². The number of rotatable bonds is 1. The lowest BCUT2D eigenvalue weighted by atomic mass is 10.3. The highest BCUT2D eigenvalue weighted by atomic mass is 79.9. The van der Waals surface area contributed by atoms with Gasteiger partial charge in [-0.25, -0.2) is 0 Å². The average molecular weight is 292 g/mol. The third-order valence-electron chi connectivity index (χ3n) is 2.33. The van der Waals surface area contributed by atoms with E-state index in [0.29, 0.717) is 4.88 Å². The van der Waals surface area contributed by atoms with Gasteiger partial charge in [0.1, 0.15) is 0 Å². The number of carbonyl (C=O) groups is 1. The minimum absolute atomic E-state index is 0.138. The first-order chi connectivity index (χ1) is 7.08. The predicted octanol–water partition coefficient (Wildman–Crippen LogP) is 0.688. The second kappa shape index (κ2) is 4.21. The van der Waals surface area contributed by atoms with Gasteiger partial charge in [0, 0.05) is 13.1 Å². The molecule has 0 aliphatic carbocycles. The zero-order valence-electron chi connectivity index (χ0n) is 7.76. The van der Waals surface area contributed by atoms with Crippen LogP contribution < -0.4 is 0 Å². The van der Waals surface area contributed by atoms with E-state index in [9.17, 15) is 15.0 Å². The number of halogens is 1. The predicted molar refractivity (Wildman–Crippen MR) is 59.9 cm³/mol. The molecule has 6 heteroatoms. The maximum atomic E-state index is 11.8. The SMILES string of the molecule is O=C(c1ccc(Br)s1)N1C[C@@H](O)[C@@H](O)C1. The van der Waals surface area contributed by atoms with Crippen molar-refractivity contribution >= 4 is 33.2 Å². The van der Waals surface area contributed by atoms with E-state index in [1.165, 1.54) is 16.2 Å². The van der Waals surface area contributed by atoms with Crippen LogP contribution in [-0.4, -0.2) is 46.3 Å². The summed E-state index contributed by atoms with van der Waals surface area (Å²) in [7, 11) is 0. The van der Waals surface area contributed by atoms with Gasteiger partial charge in [0.2, 0.25) is 0 Å². The molecule has 4 nitrogen and oxygen atoms in total. The Bertz CT molecular complexity index is 371. The lowest BCUT2D eigenvalue weighted by Crippen LogP contribution is -2.29. The second-order valence-electron chi connectivity index (χ2n) is 3.45. The van der Waals surface area contributed by atoms with Crippen molar-refractivity contribution in [3.8, 4) is 0 Å². The third-order valence-corrected chi connectivity index (χ3v) is 3.94. The Morgan fingerprint density at radius 2 is 2.00 bits per heavy atom. The molecule has 1 aliphatic rings. The zero-order chi connectivity index (χ0) is 11.0. The van der Waals surface area contributed by atoms with E-state index < -0.39 is 12.2 Å². The number of aliphatic hydroxyl groups excluding tert-OH is 2.